The SMILES string of the molecule is O=C(NCc1ccccc1OC(F)(F)F)NC[C@@H]1COc2ccccc2O1. The molecule has 2 aromatic rings. The van der Waals surface area contributed by atoms with Crippen LogP contribution in [0.3, 0.4) is 0 Å². The Labute approximate surface area is 153 Å². The molecule has 0 bridgehead atoms. The van der Waals surface area contributed by atoms with Gasteiger partial charge in [0.05, 0.1) is 6.54 Å². The Kier molecular flexibility index (Phi) is 5.58. The number of rotatable bonds is 5. The van der Waals surface area contributed by atoms with Gasteiger partial charge in [-0.2, -0.15) is 0 Å². The molecule has 3 rings (SSSR count). The molecular weight excluding hydrogens is 365 g/mol. The van der Waals surface area contributed by atoms with E-state index in [2.05, 4.69) is 15.4 Å². The van der Waals surface area contributed by atoms with E-state index in [1.54, 1.807) is 18.2 Å². The summed E-state index contributed by atoms with van der Waals surface area (Å²) in [5.41, 5.74) is 0.205. The molecule has 0 aliphatic carbocycles. The molecule has 0 unspecified atom stereocenters. The van der Waals surface area contributed by atoms with Crippen LogP contribution in [-0.2, 0) is 6.54 Å². The zero-order valence-electron chi connectivity index (χ0n) is 14.1. The molecule has 2 aromatic carbocycles. The minimum atomic E-state index is -4.80. The average Bonchev–Trinajstić information content (AvgIpc) is 2.64. The van der Waals surface area contributed by atoms with Crippen molar-refractivity contribution in [3.8, 4) is 17.2 Å². The van der Waals surface area contributed by atoms with Crippen LogP contribution in [0.25, 0.3) is 0 Å². The second-order valence-corrected chi connectivity index (χ2v) is 5.72. The largest absolute Gasteiger partial charge is 0.573 e. The summed E-state index contributed by atoms with van der Waals surface area (Å²) in [5.74, 6) is 0.875. The molecule has 1 aliphatic heterocycles. The van der Waals surface area contributed by atoms with Gasteiger partial charge in [-0.25, -0.2) is 4.79 Å². The van der Waals surface area contributed by atoms with Crippen molar-refractivity contribution in [3.05, 3.63) is 54.1 Å². The van der Waals surface area contributed by atoms with Gasteiger partial charge in [-0.1, -0.05) is 30.3 Å². The highest BCUT2D eigenvalue weighted by Gasteiger charge is 2.32. The molecule has 0 fully saturated rings. The van der Waals surface area contributed by atoms with Crippen LogP contribution in [0.15, 0.2) is 48.5 Å². The number of carbonyl (C=O) groups excluding carboxylic acids is 1. The fourth-order valence-corrected chi connectivity index (χ4v) is 2.48. The number of hydrogen-bond donors (Lipinski definition) is 2. The van der Waals surface area contributed by atoms with Crippen LogP contribution in [0, 0.1) is 0 Å². The number of benzene rings is 2. The van der Waals surface area contributed by atoms with Crippen molar-refractivity contribution < 1.29 is 32.2 Å². The predicted octanol–water partition coefficient (Wildman–Crippen LogP) is 3.22. The molecule has 0 radical (unpaired) electrons. The normalized spacial score (nSPS) is 15.7. The highest BCUT2D eigenvalue weighted by Crippen LogP contribution is 2.30. The number of ether oxygens (including phenoxy) is 3. The van der Waals surface area contributed by atoms with E-state index in [1.807, 2.05) is 12.1 Å². The smallest absolute Gasteiger partial charge is 0.486 e. The van der Waals surface area contributed by atoms with Crippen molar-refractivity contribution >= 4 is 6.03 Å². The van der Waals surface area contributed by atoms with Gasteiger partial charge in [0.2, 0.25) is 0 Å². The number of para-hydroxylation sites is 3. The average molecular weight is 382 g/mol. The Balaban J connectivity index is 1.47. The number of alkyl halides is 3. The summed E-state index contributed by atoms with van der Waals surface area (Å²) in [7, 11) is 0. The first-order valence-corrected chi connectivity index (χ1v) is 8.14. The number of amides is 2. The molecule has 0 saturated heterocycles. The lowest BCUT2D eigenvalue weighted by Gasteiger charge is -2.26. The van der Waals surface area contributed by atoms with Crippen LogP contribution in [0.5, 0.6) is 17.2 Å². The Morgan fingerprint density at radius 2 is 1.78 bits per heavy atom. The lowest BCUT2D eigenvalue weighted by molar-refractivity contribution is -0.274. The summed E-state index contributed by atoms with van der Waals surface area (Å²) in [4.78, 5) is 11.9. The molecular formula is C18H17F3N2O4. The third-order valence-corrected chi connectivity index (χ3v) is 3.70. The van der Waals surface area contributed by atoms with Gasteiger partial charge in [0.25, 0.3) is 0 Å². The summed E-state index contributed by atoms with van der Waals surface area (Å²) in [6.07, 6.45) is -5.17. The highest BCUT2D eigenvalue weighted by molar-refractivity contribution is 5.74. The monoisotopic (exact) mass is 382 g/mol. The summed E-state index contributed by atoms with van der Waals surface area (Å²) in [5, 5.41) is 5.09. The fraction of sp³-hybridized carbons (Fsp3) is 0.278. The van der Waals surface area contributed by atoms with Crippen LogP contribution < -0.4 is 24.8 Å². The molecule has 144 valence electrons. The Hall–Kier alpha value is -3.10. The fourth-order valence-electron chi connectivity index (χ4n) is 2.48. The van der Waals surface area contributed by atoms with E-state index in [-0.39, 0.29) is 37.1 Å². The first kappa shape index (κ1) is 18.7. The molecule has 2 amide bonds. The minimum Gasteiger partial charge on any atom is -0.486 e. The Morgan fingerprint density at radius 1 is 1.07 bits per heavy atom. The van der Waals surface area contributed by atoms with E-state index in [4.69, 9.17) is 9.47 Å². The van der Waals surface area contributed by atoms with Gasteiger partial charge in [-0.15, -0.1) is 13.2 Å². The van der Waals surface area contributed by atoms with Gasteiger partial charge in [-0.3, -0.25) is 0 Å². The Bertz CT molecular complexity index is 798. The summed E-state index contributed by atoms with van der Waals surface area (Å²) < 4.78 is 52.4. The van der Waals surface area contributed by atoms with Crippen LogP contribution >= 0.6 is 0 Å². The standard InChI is InChI=1S/C18H17F3N2O4/c19-18(20,21)27-14-6-2-1-5-12(14)9-22-17(24)23-10-13-11-25-15-7-3-4-8-16(15)26-13/h1-8,13H,9-11H2,(H2,22,23,24)/t13-/m1/s1. The molecule has 0 aromatic heterocycles. The van der Waals surface area contributed by atoms with Crippen LogP contribution in [0.4, 0.5) is 18.0 Å². The van der Waals surface area contributed by atoms with Crippen molar-refractivity contribution in [2.24, 2.45) is 0 Å². The molecule has 0 spiro atoms. The molecule has 0 saturated carbocycles. The zero-order chi connectivity index (χ0) is 19.3. The number of carbonyl (C=O) groups is 1. The summed E-state index contributed by atoms with van der Waals surface area (Å²) >= 11 is 0. The van der Waals surface area contributed by atoms with Crippen LogP contribution in [0.1, 0.15) is 5.56 Å². The first-order valence-electron chi connectivity index (χ1n) is 8.14. The van der Waals surface area contributed by atoms with E-state index in [0.717, 1.165) is 0 Å². The quantitative estimate of drug-likeness (QED) is 0.833. The predicted molar refractivity (Wildman–Crippen MR) is 89.7 cm³/mol. The summed E-state index contributed by atoms with van der Waals surface area (Å²) in [6.45, 7) is 0.337. The number of nitrogens with one attached hydrogen (secondary N) is 2. The van der Waals surface area contributed by atoms with Gasteiger partial charge in [0, 0.05) is 12.1 Å². The number of halogens is 3. The van der Waals surface area contributed by atoms with Crippen LogP contribution in [-0.4, -0.2) is 31.6 Å². The van der Waals surface area contributed by atoms with Gasteiger partial charge in [0.15, 0.2) is 17.6 Å². The lowest BCUT2D eigenvalue weighted by Crippen LogP contribution is -2.44. The number of urea groups is 1. The van der Waals surface area contributed by atoms with E-state index in [9.17, 15) is 18.0 Å². The third kappa shape index (κ3) is 5.44. The maximum Gasteiger partial charge on any atom is 0.573 e. The highest BCUT2D eigenvalue weighted by atomic mass is 19.4. The van der Waals surface area contributed by atoms with Crippen LogP contribution in [0.2, 0.25) is 0 Å². The lowest BCUT2D eigenvalue weighted by atomic mass is 10.2. The van der Waals surface area contributed by atoms with Gasteiger partial charge in [-0.05, 0) is 18.2 Å². The minimum absolute atomic E-state index is 0.122. The topological polar surface area (TPSA) is 68.8 Å². The van der Waals surface area contributed by atoms with Gasteiger partial charge < -0.3 is 24.8 Å². The maximum absolute atomic E-state index is 12.4. The summed E-state index contributed by atoms with van der Waals surface area (Å²) in [6, 6.07) is 12.2. The molecule has 1 aliphatic rings. The molecule has 1 heterocycles. The van der Waals surface area contributed by atoms with E-state index in [0.29, 0.717) is 11.5 Å². The van der Waals surface area contributed by atoms with Crippen molar-refractivity contribution in [1.82, 2.24) is 10.6 Å². The number of hydrogen-bond acceptors (Lipinski definition) is 4. The Morgan fingerprint density at radius 3 is 2.56 bits per heavy atom. The molecule has 27 heavy (non-hydrogen) atoms. The maximum atomic E-state index is 12.4. The molecule has 2 N–H and O–H groups in total. The van der Waals surface area contributed by atoms with E-state index < -0.39 is 12.4 Å². The molecule has 6 nitrogen and oxygen atoms in total. The van der Waals surface area contributed by atoms with Crippen molar-refractivity contribution in [2.75, 3.05) is 13.2 Å². The van der Waals surface area contributed by atoms with E-state index >= 15 is 0 Å². The first-order chi connectivity index (χ1) is 12.9. The third-order valence-electron chi connectivity index (χ3n) is 3.70. The molecule has 1 atom stereocenters. The van der Waals surface area contributed by atoms with Crippen molar-refractivity contribution in [3.63, 3.8) is 0 Å². The molecule has 9 heteroatoms. The second kappa shape index (κ2) is 8.07. The van der Waals surface area contributed by atoms with E-state index in [1.165, 1.54) is 18.2 Å². The van der Waals surface area contributed by atoms with Crippen molar-refractivity contribution in [2.45, 2.75) is 19.0 Å². The van der Waals surface area contributed by atoms with Gasteiger partial charge in [0.1, 0.15) is 12.4 Å². The van der Waals surface area contributed by atoms with Crippen molar-refractivity contribution in [1.29, 1.82) is 0 Å². The second-order valence-electron chi connectivity index (χ2n) is 5.72. The number of fused-ring (bicyclic) bond motifs is 1. The zero-order valence-corrected chi connectivity index (χ0v) is 14.1. The van der Waals surface area contributed by atoms with Gasteiger partial charge >= 0.3 is 12.4 Å².